The van der Waals surface area contributed by atoms with Crippen LogP contribution in [0.5, 0.6) is 0 Å². The second-order valence-electron chi connectivity index (χ2n) is 4.59. The molecule has 15 heavy (non-hydrogen) atoms. The third-order valence-corrected chi connectivity index (χ3v) is 3.34. The summed E-state index contributed by atoms with van der Waals surface area (Å²) in [6.07, 6.45) is 2.88. The minimum Gasteiger partial charge on any atom is -0.386 e. The smallest absolute Gasteiger partial charge is 0.239 e. The molecule has 0 aromatic heterocycles. The second kappa shape index (κ2) is 4.28. The van der Waals surface area contributed by atoms with Gasteiger partial charge in [0.25, 0.3) is 0 Å². The van der Waals surface area contributed by atoms with E-state index in [-0.39, 0.29) is 18.3 Å². The Bertz CT molecular complexity index is 250. The molecule has 4 nitrogen and oxygen atoms in total. The summed E-state index contributed by atoms with van der Waals surface area (Å²) in [7, 11) is 0. The van der Waals surface area contributed by atoms with Gasteiger partial charge in [-0.3, -0.25) is 4.79 Å². The highest BCUT2D eigenvalue weighted by atomic mass is 35.5. The van der Waals surface area contributed by atoms with Gasteiger partial charge in [-0.2, -0.15) is 0 Å². The summed E-state index contributed by atoms with van der Waals surface area (Å²) >= 11 is 0. The molecule has 0 radical (unpaired) electrons. The van der Waals surface area contributed by atoms with Gasteiger partial charge < -0.3 is 15.7 Å². The molecule has 2 rings (SSSR count). The highest BCUT2D eigenvalue weighted by Crippen LogP contribution is 2.44. The van der Waals surface area contributed by atoms with Gasteiger partial charge in [-0.25, -0.2) is 0 Å². The first-order valence-electron chi connectivity index (χ1n) is 5.33. The zero-order valence-electron chi connectivity index (χ0n) is 8.98. The Morgan fingerprint density at radius 1 is 1.60 bits per heavy atom. The van der Waals surface area contributed by atoms with Crippen molar-refractivity contribution in [2.24, 2.45) is 11.7 Å². The fourth-order valence-corrected chi connectivity index (χ4v) is 2.06. The number of nitrogens with zero attached hydrogens (tertiary/aromatic N) is 1. The first kappa shape index (κ1) is 12.7. The number of hydrogen-bond acceptors (Lipinski definition) is 3. The van der Waals surface area contributed by atoms with Crippen LogP contribution in [-0.2, 0) is 4.79 Å². The molecule has 1 aliphatic carbocycles. The molecule has 2 aliphatic rings. The van der Waals surface area contributed by atoms with E-state index in [4.69, 9.17) is 5.73 Å². The van der Waals surface area contributed by atoms with E-state index >= 15 is 0 Å². The van der Waals surface area contributed by atoms with Crippen LogP contribution in [0.1, 0.15) is 26.2 Å². The summed E-state index contributed by atoms with van der Waals surface area (Å²) < 4.78 is 0. The van der Waals surface area contributed by atoms with E-state index in [9.17, 15) is 9.90 Å². The molecule has 1 aliphatic heterocycles. The lowest BCUT2D eigenvalue weighted by Crippen LogP contribution is -2.66. The topological polar surface area (TPSA) is 66.6 Å². The average molecular weight is 235 g/mol. The summed E-state index contributed by atoms with van der Waals surface area (Å²) in [5.41, 5.74) is 5.05. The summed E-state index contributed by atoms with van der Waals surface area (Å²) in [5.74, 6) is 0.419. The molecular weight excluding hydrogens is 216 g/mol. The number of carbonyl (C=O) groups is 1. The number of nitrogens with two attached hydrogens (primary N) is 1. The monoisotopic (exact) mass is 234 g/mol. The van der Waals surface area contributed by atoms with Crippen LogP contribution in [0.15, 0.2) is 0 Å². The number of likely N-dealkylation sites (tertiary alicyclic amines) is 1. The van der Waals surface area contributed by atoms with Crippen LogP contribution in [0.25, 0.3) is 0 Å². The zero-order chi connectivity index (χ0) is 10.3. The fraction of sp³-hybridized carbons (Fsp3) is 0.900. The van der Waals surface area contributed by atoms with E-state index in [1.807, 2.05) is 6.92 Å². The minimum atomic E-state index is -0.580. The standard InChI is InChI=1S/C10H18N2O2.ClH/c1-2-8(11)9(13)12-5-10(14,6-12)7-3-4-7;/h7-8,14H,2-6,11H2,1H3;1H/t8-;/m0./s1. The predicted octanol–water partition coefficient (Wildman–Crippen LogP) is 0.129. The van der Waals surface area contributed by atoms with Crippen LogP contribution < -0.4 is 5.73 Å². The number of hydrogen-bond donors (Lipinski definition) is 2. The SMILES string of the molecule is CC[C@H](N)C(=O)N1CC(O)(C2CC2)C1.Cl. The molecule has 5 heteroatoms. The number of halogens is 1. The van der Waals surface area contributed by atoms with Gasteiger partial charge in [-0.1, -0.05) is 6.92 Å². The number of rotatable bonds is 3. The van der Waals surface area contributed by atoms with Gasteiger partial charge >= 0.3 is 0 Å². The van der Waals surface area contributed by atoms with Crippen LogP contribution in [0.4, 0.5) is 0 Å². The lowest BCUT2D eigenvalue weighted by Gasteiger charge is -2.47. The number of aliphatic hydroxyl groups is 1. The van der Waals surface area contributed by atoms with Gasteiger partial charge in [0.1, 0.15) is 5.60 Å². The Balaban J connectivity index is 0.00000112. The quantitative estimate of drug-likeness (QED) is 0.730. The molecule has 1 saturated heterocycles. The summed E-state index contributed by atoms with van der Waals surface area (Å²) in [6.45, 7) is 2.88. The van der Waals surface area contributed by atoms with Crippen molar-refractivity contribution in [2.75, 3.05) is 13.1 Å². The van der Waals surface area contributed by atoms with Crippen LogP contribution in [0.2, 0.25) is 0 Å². The van der Waals surface area contributed by atoms with Crippen molar-refractivity contribution in [3.05, 3.63) is 0 Å². The van der Waals surface area contributed by atoms with Crippen molar-refractivity contribution in [1.29, 1.82) is 0 Å². The molecule has 0 unspecified atom stereocenters. The van der Waals surface area contributed by atoms with Crippen molar-refractivity contribution in [2.45, 2.75) is 37.8 Å². The summed E-state index contributed by atoms with van der Waals surface area (Å²) in [5, 5.41) is 9.99. The third kappa shape index (κ3) is 2.27. The normalized spacial score (nSPS) is 25.1. The fourth-order valence-electron chi connectivity index (χ4n) is 2.06. The maximum Gasteiger partial charge on any atom is 0.239 e. The number of carbonyl (C=O) groups excluding carboxylic acids is 1. The molecule has 1 saturated carbocycles. The maximum atomic E-state index is 11.6. The van der Waals surface area contributed by atoms with Gasteiger partial charge in [0.15, 0.2) is 0 Å². The summed E-state index contributed by atoms with van der Waals surface area (Å²) in [6, 6.07) is -0.390. The maximum absolute atomic E-state index is 11.6. The van der Waals surface area contributed by atoms with Crippen LogP contribution in [-0.4, -0.2) is 40.6 Å². The highest BCUT2D eigenvalue weighted by Gasteiger charge is 2.53. The predicted molar refractivity (Wildman–Crippen MR) is 59.8 cm³/mol. The Morgan fingerprint density at radius 2 is 2.13 bits per heavy atom. The zero-order valence-corrected chi connectivity index (χ0v) is 9.80. The lowest BCUT2D eigenvalue weighted by atomic mass is 9.88. The molecule has 0 aromatic rings. The molecule has 1 atom stereocenters. The highest BCUT2D eigenvalue weighted by molar-refractivity contribution is 5.85. The molecule has 0 aromatic carbocycles. The molecular formula is C10H19ClN2O2. The van der Waals surface area contributed by atoms with Crippen molar-refractivity contribution >= 4 is 18.3 Å². The van der Waals surface area contributed by atoms with Crippen molar-refractivity contribution < 1.29 is 9.90 Å². The van der Waals surface area contributed by atoms with Gasteiger partial charge in [0.05, 0.1) is 19.1 Å². The van der Waals surface area contributed by atoms with Crippen LogP contribution >= 0.6 is 12.4 Å². The van der Waals surface area contributed by atoms with E-state index < -0.39 is 11.6 Å². The lowest BCUT2D eigenvalue weighted by molar-refractivity contribution is -0.160. The first-order chi connectivity index (χ1) is 6.57. The van der Waals surface area contributed by atoms with E-state index in [2.05, 4.69) is 0 Å². The van der Waals surface area contributed by atoms with Gasteiger partial charge in [-0.15, -0.1) is 12.4 Å². The van der Waals surface area contributed by atoms with E-state index in [0.29, 0.717) is 25.4 Å². The first-order valence-corrected chi connectivity index (χ1v) is 5.33. The van der Waals surface area contributed by atoms with Crippen molar-refractivity contribution in [3.63, 3.8) is 0 Å². The summed E-state index contributed by atoms with van der Waals surface area (Å²) in [4.78, 5) is 13.3. The Morgan fingerprint density at radius 3 is 2.53 bits per heavy atom. The third-order valence-electron chi connectivity index (χ3n) is 3.34. The van der Waals surface area contributed by atoms with E-state index in [1.54, 1.807) is 4.90 Å². The second-order valence-corrected chi connectivity index (χ2v) is 4.59. The Kier molecular flexibility index (Phi) is 3.63. The Labute approximate surface area is 96.2 Å². The van der Waals surface area contributed by atoms with Crippen LogP contribution in [0.3, 0.4) is 0 Å². The molecule has 3 N–H and O–H groups in total. The largest absolute Gasteiger partial charge is 0.386 e. The van der Waals surface area contributed by atoms with Crippen molar-refractivity contribution in [3.8, 4) is 0 Å². The Hall–Kier alpha value is -0.320. The molecule has 0 bridgehead atoms. The average Bonchev–Trinajstić information content (AvgIpc) is 2.93. The van der Waals surface area contributed by atoms with Gasteiger partial charge in [0, 0.05) is 0 Å². The number of amides is 1. The molecule has 88 valence electrons. The van der Waals surface area contributed by atoms with E-state index in [1.165, 1.54) is 0 Å². The minimum absolute atomic E-state index is 0. The molecule has 1 heterocycles. The van der Waals surface area contributed by atoms with Crippen LogP contribution in [0, 0.1) is 5.92 Å². The molecule has 0 spiro atoms. The molecule has 1 amide bonds. The van der Waals surface area contributed by atoms with Gasteiger partial charge in [0.2, 0.25) is 5.91 Å². The van der Waals surface area contributed by atoms with Gasteiger partial charge in [-0.05, 0) is 25.2 Å². The van der Waals surface area contributed by atoms with Crippen molar-refractivity contribution in [1.82, 2.24) is 4.90 Å². The van der Waals surface area contributed by atoms with E-state index in [0.717, 1.165) is 12.8 Å². The number of β-amino-alcohol motifs (C(OH)–C–C–N with tert-alkyl or cyclic N) is 1. The molecule has 2 fully saturated rings.